The first-order valence-corrected chi connectivity index (χ1v) is 7.01. The summed E-state index contributed by atoms with van der Waals surface area (Å²) in [6, 6.07) is 4.25. The van der Waals surface area contributed by atoms with Crippen LogP contribution in [0.15, 0.2) is 25.6 Å². The molecule has 15 heavy (non-hydrogen) atoms. The molecule has 0 spiro atoms. The fourth-order valence-corrected chi connectivity index (χ4v) is 3.96. The maximum atomic E-state index is 5.84. The van der Waals surface area contributed by atoms with Gasteiger partial charge in [0.25, 0.3) is 0 Å². The molecule has 0 amide bonds. The Morgan fingerprint density at radius 2 is 1.67 bits per heavy atom. The first-order valence-electron chi connectivity index (χ1n) is 4.63. The Morgan fingerprint density at radius 1 is 1.13 bits per heavy atom. The minimum atomic E-state index is 0.258. The SMILES string of the molecule is NC1CC(Oc2c(Br)cc(Br)cc2Br)C1. The van der Waals surface area contributed by atoms with Crippen molar-refractivity contribution in [1.82, 2.24) is 0 Å². The second kappa shape index (κ2) is 4.73. The average molecular weight is 400 g/mol. The van der Waals surface area contributed by atoms with E-state index in [2.05, 4.69) is 47.8 Å². The number of hydrogen-bond donors (Lipinski definition) is 1. The average Bonchev–Trinajstić information content (AvgIpc) is 2.07. The first-order chi connectivity index (χ1) is 7.06. The van der Waals surface area contributed by atoms with Crippen LogP contribution in [0.1, 0.15) is 12.8 Å². The maximum absolute atomic E-state index is 5.84. The predicted molar refractivity (Wildman–Crippen MR) is 71.2 cm³/mol. The Balaban J connectivity index is 2.14. The Morgan fingerprint density at radius 3 is 2.13 bits per heavy atom. The monoisotopic (exact) mass is 397 g/mol. The van der Waals surface area contributed by atoms with Gasteiger partial charge < -0.3 is 10.5 Å². The van der Waals surface area contributed by atoms with Gasteiger partial charge >= 0.3 is 0 Å². The van der Waals surface area contributed by atoms with Crippen LogP contribution in [0.25, 0.3) is 0 Å². The standard InChI is InChI=1S/C10H10Br3NO/c11-5-1-8(12)10(9(13)2-5)15-7-3-6(14)4-7/h1-2,6-7H,3-4,14H2. The number of halogens is 3. The molecule has 0 aromatic heterocycles. The van der Waals surface area contributed by atoms with Crippen LogP contribution in [0, 0.1) is 0 Å². The molecular formula is C10H10Br3NO. The van der Waals surface area contributed by atoms with Crippen molar-refractivity contribution in [3.05, 3.63) is 25.6 Å². The number of rotatable bonds is 2. The van der Waals surface area contributed by atoms with Crippen LogP contribution in [0.2, 0.25) is 0 Å². The molecule has 1 aliphatic rings. The normalized spacial score (nSPS) is 24.8. The van der Waals surface area contributed by atoms with E-state index in [1.165, 1.54) is 0 Å². The third-order valence-corrected chi connectivity index (χ3v) is 4.01. The summed E-state index contributed by atoms with van der Waals surface area (Å²) >= 11 is 10.4. The van der Waals surface area contributed by atoms with Crippen LogP contribution < -0.4 is 10.5 Å². The van der Waals surface area contributed by atoms with Gasteiger partial charge in [-0.1, -0.05) is 15.9 Å². The van der Waals surface area contributed by atoms with E-state index in [1.54, 1.807) is 0 Å². The molecule has 0 aliphatic heterocycles. The second-order valence-electron chi connectivity index (χ2n) is 3.67. The summed E-state index contributed by atoms with van der Waals surface area (Å²) < 4.78 is 8.75. The van der Waals surface area contributed by atoms with Crippen molar-refractivity contribution in [2.75, 3.05) is 0 Å². The smallest absolute Gasteiger partial charge is 0.148 e. The van der Waals surface area contributed by atoms with Crippen molar-refractivity contribution in [3.63, 3.8) is 0 Å². The van der Waals surface area contributed by atoms with E-state index in [-0.39, 0.29) is 6.10 Å². The summed E-state index contributed by atoms with van der Waals surface area (Å²) in [5.41, 5.74) is 5.71. The lowest BCUT2D eigenvalue weighted by atomic mass is 9.90. The highest BCUT2D eigenvalue weighted by atomic mass is 79.9. The molecular weight excluding hydrogens is 390 g/mol. The van der Waals surface area contributed by atoms with Gasteiger partial charge in [-0.05, 0) is 56.8 Å². The van der Waals surface area contributed by atoms with E-state index in [1.807, 2.05) is 12.1 Å². The summed E-state index contributed by atoms with van der Waals surface area (Å²) in [7, 11) is 0. The van der Waals surface area contributed by atoms with Gasteiger partial charge in [-0.3, -0.25) is 0 Å². The quantitative estimate of drug-likeness (QED) is 0.820. The lowest BCUT2D eigenvalue weighted by Crippen LogP contribution is -2.43. The van der Waals surface area contributed by atoms with Crippen molar-refractivity contribution in [1.29, 1.82) is 0 Å². The van der Waals surface area contributed by atoms with Crippen molar-refractivity contribution in [2.45, 2.75) is 25.0 Å². The Hall–Kier alpha value is 0.420. The van der Waals surface area contributed by atoms with E-state index in [0.29, 0.717) is 6.04 Å². The summed E-state index contributed by atoms with van der Waals surface area (Å²) in [4.78, 5) is 0. The molecule has 0 bridgehead atoms. The molecule has 0 heterocycles. The summed E-state index contributed by atoms with van der Waals surface area (Å²) in [6.07, 6.45) is 2.14. The zero-order valence-corrected chi connectivity index (χ0v) is 12.6. The molecule has 2 nitrogen and oxygen atoms in total. The molecule has 1 fully saturated rings. The van der Waals surface area contributed by atoms with Crippen LogP contribution in [-0.2, 0) is 0 Å². The Labute approximate surface area is 114 Å². The van der Waals surface area contributed by atoms with Gasteiger partial charge in [0.1, 0.15) is 11.9 Å². The minimum Gasteiger partial charge on any atom is -0.488 e. The molecule has 1 aromatic rings. The lowest BCUT2D eigenvalue weighted by Gasteiger charge is -2.33. The number of ether oxygens (including phenoxy) is 1. The van der Waals surface area contributed by atoms with Gasteiger partial charge in [-0.2, -0.15) is 0 Å². The number of benzene rings is 1. The topological polar surface area (TPSA) is 35.2 Å². The van der Waals surface area contributed by atoms with Gasteiger partial charge in [-0.15, -0.1) is 0 Å². The van der Waals surface area contributed by atoms with Gasteiger partial charge in [0, 0.05) is 10.5 Å². The molecule has 82 valence electrons. The first kappa shape index (κ1) is 11.9. The van der Waals surface area contributed by atoms with Crippen molar-refractivity contribution in [2.24, 2.45) is 5.73 Å². The van der Waals surface area contributed by atoms with Gasteiger partial charge in [0.15, 0.2) is 0 Å². The van der Waals surface area contributed by atoms with Crippen molar-refractivity contribution in [3.8, 4) is 5.75 Å². The maximum Gasteiger partial charge on any atom is 0.148 e. The molecule has 5 heteroatoms. The van der Waals surface area contributed by atoms with Crippen LogP contribution in [0.4, 0.5) is 0 Å². The van der Waals surface area contributed by atoms with Crippen LogP contribution >= 0.6 is 47.8 Å². The number of nitrogens with two attached hydrogens (primary N) is 1. The van der Waals surface area contributed by atoms with Crippen molar-refractivity contribution >= 4 is 47.8 Å². The molecule has 0 unspecified atom stereocenters. The van der Waals surface area contributed by atoms with Gasteiger partial charge in [-0.25, -0.2) is 0 Å². The second-order valence-corrected chi connectivity index (χ2v) is 6.29. The fraction of sp³-hybridized carbons (Fsp3) is 0.400. The van der Waals surface area contributed by atoms with E-state index >= 15 is 0 Å². The number of hydrogen-bond acceptors (Lipinski definition) is 2. The molecule has 0 atom stereocenters. The van der Waals surface area contributed by atoms with Crippen LogP contribution in [-0.4, -0.2) is 12.1 Å². The highest BCUT2D eigenvalue weighted by Gasteiger charge is 2.28. The predicted octanol–water partition coefficient (Wildman–Crippen LogP) is 3.84. The summed E-state index contributed by atoms with van der Waals surface area (Å²) in [6.45, 7) is 0. The van der Waals surface area contributed by atoms with E-state index < -0.39 is 0 Å². The zero-order chi connectivity index (χ0) is 11.0. The highest BCUT2D eigenvalue weighted by molar-refractivity contribution is 9.11. The molecule has 0 radical (unpaired) electrons. The fourth-order valence-electron chi connectivity index (χ4n) is 1.51. The van der Waals surface area contributed by atoms with Gasteiger partial charge in [0.05, 0.1) is 8.95 Å². The van der Waals surface area contributed by atoms with E-state index in [4.69, 9.17) is 10.5 Å². The third-order valence-electron chi connectivity index (χ3n) is 2.38. The van der Waals surface area contributed by atoms with Crippen LogP contribution in [0.3, 0.4) is 0 Å². The lowest BCUT2D eigenvalue weighted by molar-refractivity contribution is 0.0992. The van der Waals surface area contributed by atoms with Gasteiger partial charge in [0.2, 0.25) is 0 Å². The third kappa shape index (κ3) is 2.75. The molecule has 1 aromatic carbocycles. The van der Waals surface area contributed by atoms with E-state index in [0.717, 1.165) is 32.0 Å². The van der Waals surface area contributed by atoms with Crippen LogP contribution in [0.5, 0.6) is 5.75 Å². The molecule has 2 rings (SSSR count). The summed E-state index contributed by atoms with van der Waals surface area (Å²) in [5, 5.41) is 0. The molecule has 2 N–H and O–H groups in total. The van der Waals surface area contributed by atoms with E-state index in [9.17, 15) is 0 Å². The Bertz CT molecular complexity index is 354. The summed E-state index contributed by atoms with van der Waals surface area (Å²) in [5.74, 6) is 0.857. The Kier molecular flexibility index (Phi) is 3.75. The minimum absolute atomic E-state index is 0.258. The molecule has 0 saturated heterocycles. The zero-order valence-electron chi connectivity index (χ0n) is 7.84. The largest absolute Gasteiger partial charge is 0.488 e. The van der Waals surface area contributed by atoms with Crippen molar-refractivity contribution < 1.29 is 4.74 Å². The molecule has 1 saturated carbocycles. The molecule has 1 aliphatic carbocycles. The highest BCUT2D eigenvalue weighted by Crippen LogP contribution is 2.38.